The highest BCUT2D eigenvalue weighted by molar-refractivity contribution is 5.82. The average molecular weight is 213 g/mol. The number of unbranched alkanes of at least 4 members (excludes halogenated alkanes) is 1. The minimum atomic E-state index is 0.626. The first-order chi connectivity index (χ1) is 7.92. The Morgan fingerprint density at radius 3 is 3.06 bits per heavy atom. The second-order valence-corrected chi connectivity index (χ2v) is 3.80. The van der Waals surface area contributed by atoms with Crippen molar-refractivity contribution >= 4 is 10.9 Å². The van der Waals surface area contributed by atoms with E-state index in [0.29, 0.717) is 6.42 Å². The molecule has 0 spiro atoms. The first-order valence-corrected chi connectivity index (χ1v) is 5.54. The van der Waals surface area contributed by atoms with Crippen LogP contribution in [0.1, 0.15) is 18.4 Å². The summed E-state index contributed by atoms with van der Waals surface area (Å²) >= 11 is 0. The lowest BCUT2D eigenvalue weighted by molar-refractivity contribution is 0.660. The predicted molar refractivity (Wildman–Crippen MR) is 64.9 cm³/mol. The monoisotopic (exact) mass is 213 g/mol. The number of H-pyrrole nitrogens is 1. The molecular formula is C13H15N3. The summed E-state index contributed by atoms with van der Waals surface area (Å²) in [4.78, 5) is 3.25. The second kappa shape index (κ2) is 5.34. The summed E-state index contributed by atoms with van der Waals surface area (Å²) in [7, 11) is 0. The van der Waals surface area contributed by atoms with Crippen molar-refractivity contribution in [3.05, 3.63) is 36.0 Å². The molecule has 2 aromatic rings. The average Bonchev–Trinajstić information content (AvgIpc) is 2.73. The molecule has 1 aromatic heterocycles. The Bertz CT molecular complexity index is 493. The third kappa shape index (κ3) is 2.41. The summed E-state index contributed by atoms with van der Waals surface area (Å²) in [6.07, 6.45) is 3.59. The normalized spacial score (nSPS) is 10.4. The van der Waals surface area contributed by atoms with Crippen molar-refractivity contribution in [2.45, 2.75) is 19.4 Å². The first-order valence-electron chi connectivity index (χ1n) is 5.54. The van der Waals surface area contributed by atoms with Crippen LogP contribution in [0.5, 0.6) is 0 Å². The van der Waals surface area contributed by atoms with E-state index >= 15 is 0 Å². The molecule has 0 atom stereocenters. The zero-order valence-electron chi connectivity index (χ0n) is 9.16. The van der Waals surface area contributed by atoms with Crippen molar-refractivity contribution in [2.75, 3.05) is 6.54 Å². The molecular weight excluding hydrogens is 198 g/mol. The van der Waals surface area contributed by atoms with E-state index in [-0.39, 0.29) is 0 Å². The maximum Gasteiger partial charge on any atom is 0.0622 e. The quantitative estimate of drug-likeness (QED) is 0.750. The third-order valence-electron chi connectivity index (χ3n) is 2.63. The zero-order valence-corrected chi connectivity index (χ0v) is 9.16. The number of nitrogens with zero attached hydrogens (tertiary/aromatic N) is 1. The zero-order chi connectivity index (χ0) is 11.2. The Morgan fingerprint density at radius 2 is 2.19 bits per heavy atom. The first kappa shape index (κ1) is 10.7. The van der Waals surface area contributed by atoms with Crippen LogP contribution < -0.4 is 5.32 Å². The van der Waals surface area contributed by atoms with Crippen LogP contribution in [0.25, 0.3) is 10.9 Å². The van der Waals surface area contributed by atoms with Crippen LogP contribution in [0, 0.1) is 11.3 Å². The minimum Gasteiger partial charge on any atom is -0.361 e. The van der Waals surface area contributed by atoms with E-state index in [0.717, 1.165) is 19.5 Å². The molecule has 0 saturated carbocycles. The Kier molecular flexibility index (Phi) is 3.58. The molecule has 0 saturated heterocycles. The van der Waals surface area contributed by atoms with Crippen molar-refractivity contribution in [2.24, 2.45) is 0 Å². The SMILES string of the molecule is N#CCCCNCc1c[nH]c2ccccc12. The number of nitriles is 1. The highest BCUT2D eigenvalue weighted by Crippen LogP contribution is 2.17. The van der Waals surface area contributed by atoms with Gasteiger partial charge in [0.15, 0.2) is 0 Å². The summed E-state index contributed by atoms with van der Waals surface area (Å²) in [6.45, 7) is 1.75. The van der Waals surface area contributed by atoms with Gasteiger partial charge >= 0.3 is 0 Å². The van der Waals surface area contributed by atoms with Crippen LogP contribution >= 0.6 is 0 Å². The predicted octanol–water partition coefficient (Wildman–Crippen LogP) is 2.56. The number of hydrogen-bond acceptors (Lipinski definition) is 2. The fourth-order valence-electron chi connectivity index (χ4n) is 1.79. The number of rotatable bonds is 5. The van der Waals surface area contributed by atoms with Crippen molar-refractivity contribution in [1.82, 2.24) is 10.3 Å². The van der Waals surface area contributed by atoms with Crippen LogP contribution in [-0.2, 0) is 6.54 Å². The van der Waals surface area contributed by atoms with Crippen LogP contribution in [-0.4, -0.2) is 11.5 Å². The third-order valence-corrected chi connectivity index (χ3v) is 2.63. The van der Waals surface area contributed by atoms with Crippen molar-refractivity contribution in [1.29, 1.82) is 5.26 Å². The van der Waals surface area contributed by atoms with Gasteiger partial charge in [0.2, 0.25) is 0 Å². The fourth-order valence-corrected chi connectivity index (χ4v) is 1.79. The summed E-state index contributed by atoms with van der Waals surface area (Å²) < 4.78 is 0. The molecule has 1 heterocycles. The van der Waals surface area contributed by atoms with Gasteiger partial charge in [0.25, 0.3) is 0 Å². The molecule has 3 heteroatoms. The number of fused-ring (bicyclic) bond motifs is 1. The Balaban J connectivity index is 1.92. The lowest BCUT2D eigenvalue weighted by atomic mass is 10.2. The smallest absolute Gasteiger partial charge is 0.0622 e. The van der Waals surface area contributed by atoms with E-state index in [1.54, 1.807) is 0 Å². The van der Waals surface area contributed by atoms with Gasteiger partial charge < -0.3 is 10.3 Å². The highest BCUT2D eigenvalue weighted by Gasteiger charge is 2.01. The van der Waals surface area contributed by atoms with E-state index in [2.05, 4.69) is 34.6 Å². The van der Waals surface area contributed by atoms with Crippen molar-refractivity contribution in [3.8, 4) is 6.07 Å². The lowest BCUT2D eigenvalue weighted by Crippen LogP contribution is -2.14. The van der Waals surface area contributed by atoms with E-state index in [4.69, 9.17) is 5.26 Å². The summed E-state index contributed by atoms with van der Waals surface area (Å²) in [5, 5.41) is 13.0. The van der Waals surface area contributed by atoms with E-state index in [1.165, 1.54) is 16.5 Å². The molecule has 3 nitrogen and oxygen atoms in total. The van der Waals surface area contributed by atoms with E-state index in [9.17, 15) is 0 Å². The standard InChI is InChI=1S/C13H15N3/c14-7-3-4-8-15-9-11-10-16-13-6-2-1-5-12(11)13/h1-2,5-6,10,15-16H,3-4,8-9H2. The van der Waals surface area contributed by atoms with Crippen LogP contribution in [0.2, 0.25) is 0 Å². The molecule has 16 heavy (non-hydrogen) atoms. The van der Waals surface area contributed by atoms with Gasteiger partial charge in [-0.15, -0.1) is 0 Å². The molecule has 2 rings (SSSR count). The summed E-state index contributed by atoms with van der Waals surface area (Å²) in [5.74, 6) is 0. The number of hydrogen-bond donors (Lipinski definition) is 2. The van der Waals surface area contributed by atoms with Gasteiger partial charge in [0, 0.05) is 30.1 Å². The molecule has 0 aliphatic heterocycles. The minimum absolute atomic E-state index is 0.626. The molecule has 0 fully saturated rings. The fraction of sp³-hybridized carbons (Fsp3) is 0.308. The number of benzene rings is 1. The highest BCUT2D eigenvalue weighted by atomic mass is 14.9. The number of para-hydroxylation sites is 1. The van der Waals surface area contributed by atoms with E-state index < -0.39 is 0 Å². The number of aromatic amines is 1. The Morgan fingerprint density at radius 1 is 1.31 bits per heavy atom. The number of aromatic nitrogens is 1. The Hall–Kier alpha value is -1.79. The molecule has 2 N–H and O–H groups in total. The van der Waals surface area contributed by atoms with Gasteiger partial charge in [-0.05, 0) is 24.6 Å². The molecule has 1 aromatic carbocycles. The maximum absolute atomic E-state index is 8.41. The lowest BCUT2D eigenvalue weighted by Gasteiger charge is -2.01. The Labute approximate surface area is 95.1 Å². The van der Waals surface area contributed by atoms with Gasteiger partial charge in [-0.3, -0.25) is 0 Å². The van der Waals surface area contributed by atoms with E-state index in [1.807, 2.05) is 12.3 Å². The molecule has 0 bridgehead atoms. The van der Waals surface area contributed by atoms with Crippen molar-refractivity contribution < 1.29 is 0 Å². The van der Waals surface area contributed by atoms with Gasteiger partial charge in [-0.1, -0.05) is 18.2 Å². The molecule has 0 aliphatic rings. The molecule has 82 valence electrons. The summed E-state index contributed by atoms with van der Waals surface area (Å²) in [5.41, 5.74) is 2.46. The molecule has 0 amide bonds. The van der Waals surface area contributed by atoms with Crippen LogP contribution in [0.4, 0.5) is 0 Å². The van der Waals surface area contributed by atoms with Crippen molar-refractivity contribution in [3.63, 3.8) is 0 Å². The van der Waals surface area contributed by atoms with Crippen LogP contribution in [0.15, 0.2) is 30.5 Å². The molecule has 0 aliphatic carbocycles. The largest absolute Gasteiger partial charge is 0.361 e. The van der Waals surface area contributed by atoms with Gasteiger partial charge in [-0.2, -0.15) is 5.26 Å². The van der Waals surface area contributed by atoms with Gasteiger partial charge in [0.1, 0.15) is 0 Å². The second-order valence-electron chi connectivity index (χ2n) is 3.80. The topological polar surface area (TPSA) is 51.6 Å². The number of nitrogens with one attached hydrogen (secondary N) is 2. The van der Waals surface area contributed by atoms with Gasteiger partial charge in [0.05, 0.1) is 6.07 Å². The van der Waals surface area contributed by atoms with Gasteiger partial charge in [-0.25, -0.2) is 0 Å². The van der Waals surface area contributed by atoms with Crippen LogP contribution in [0.3, 0.4) is 0 Å². The molecule has 0 unspecified atom stereocenters. The summed E-state index contributed by atoms with van der Waals surface area (Å²) in [6, 6.07) is 10.4. The molecule has 0 radical (unpaired) electrons. The maximum atomic E-state index is 8.41.